The Morgan fingerprint density at radius 1 is 1.16 bits per heavy atom. The average molecular weight is 270 g/mol. The Morgan fingerprint density at radius 3 is 2.42 bits per heavy atom. The van der Waals surface area contributed by atoms with E-state index in [0.717, 1.165) is 24.0 Å². The minimum absolute atomic E-state index is 0.186. The van der Waals surface area contributed by atoms with Crippen molar-refractivity contribution in [1.82, 2.24) is 0 Å². The van der Waals surface area contributed by atoms with E-state index in [2.05, 4.69) is 0 Å². The zero-order chi connectivity index (χ0) is 13.9. The maximum Gasteiger partial charge on any atom is 0.449 e. The van der Waals surface area contributed by atoms with E-state index in [1.165, 1.54) is 12.8 Å². The maximum atomic E-state index is 12.2. The smallest absolute Gasteiger partial charge is 0.290 e. The molecule has 0 aliphatic heterocycles. The van der Waals surface area contributed by atoms with Gasteiger partial charge in [-0.2, -0.15) is 13.2 Å². The number of halogens is 3. The van der Waals surface area contributed by atoms with Crippen LogP contribution in [0.15, 0.2) is 24.3 Å². The van der Waals surface area contributed by atoms with Crippen molar-refractivity contribution in [3.8, 4) is 0 Å². The van der Waals surface area contributed by atoms with Gasteiger partial charge in [-0.05, 0) is 36.3 Å². The summed E-state index contributed by atoms with van der Waals surface area (Å²) in [6.07, 6.45) is -0.407. The van der Waals surface area contributed by atoms with E-state index < -0.39 is 18.4 Å². The van der Waals surface area contributed by atoms with Crippen LogP contribution >= 0.6 is 0 Å². The van der Waals surface area contributed by atoms with Gasteiger partial charge in [0.05, 0.1) is 0 Å². The molecule has 0 amide bonds. The van der Waals surface area contributed by atoms with Gasteiger partial charge in [-0.25, -0.2) is 0 Å². The molecule has 1 aromatic carbocycles. The highest BCUT2D eigenvalue weighted by Crippen LogP contribution is 2.36. The van der Waals surface area contributed by atoms with E-state index in [9.17, 15) is 18.0 Å². The van der Waals surface area contributed by atoms with Crippen molar-refractivity contribution < 1.29 is 18.0 Å². The van der Waals surface area contributed by atoms with Gasteiger partial charge >= 0.3 is 6.18 Å². The summed E-state index contributed by atoms with van der Waals surface area (Å²) in [5.41, 5.74) is 2.03. The number of rotatable bonds is 4. The number of aryl methyl sites for hydroxylation is 1. The van der Waals surface area contributed by atoms with Crippen LogP contribution in [0.2, 0.25) is 0 Å². The molecule has 0 bridgehead atoms. The monoisotopic (exact) mass is 270 g/mol. The van der Waals surface area contributed by atoms with Crippen molar-refractivity contribution in [1.29, 1.82) is 0 Å². The van der Waals surface area contributed by atoms with Gasteiger partial charge in [-0.1, -0.05) is 37.1 Å². The topological polar surface area (TPSA) is 17.1 Å². The fraction of sp³-hybridized carbons (Fsp3) is 0.533. The molecule has 4 heteroatoms. The van der Waals surface area contributed by atoms with Crippen LogP contribution in [0.5, 0.6) is 0 Å². The van der Waals surface area contributed by atoms with Crippen LogP contribution in [0.3, 0.4) is 0 Å². The van der Waals surface area contributed by atoms with E-state index >= 15 is 0 Å². The molecule has 1 fully saturated rings. The molecule has 0 saturated heterocycles. The average Bonchev–Trinajstić information content (AvgIpc) is 2.88. The van der Waals surface area contributed by atoms with Crippen molar-refractivity contribution in [2.75, 3.05) is 0 Å². The predicted molar refractivity (Wildman–Crippen MR) is 67.0 cm³/mol. The molecule has 19 heavy (non-hydrogen) atoms. The predicted octanol–water partition coefficient (Wildman–Crippen LogP) is 4.41. The van der Waals surface area contributed by atoms with Crippen LogP contribution in [-0.4, -0.2) is 12.0 Å². The molecule has 0 N–H and O–H groups in total. The van der Waals surface area contributed by atoms with Crippen molar-refractivity contribution in [3.05, 3.63) is 35.4 Å². The van der Waals surface area contributed by atoms with E-state index in [4.69, 9.17) is 0 Å². The molecule has 1 aliphatic rings. The molecule has 104 valence electrons. The Hall–Kier alpha value is -1.32. The third-order valence-corrected chi connectivity index (χ3v) is 3.79. The molecule has 0 radical (unpaired) electrons. The molecule has 0 heterocycles. The SMILES string of the molecule is O=C(CCc1ccccc1C1CCCC1)C(F)(F)F. The maximum absolute atomic E-state index is 12.2. The first-order valence-corrected chi connectivity index (χ1v) is 6.66. The van der Waals surface area contributed by atoms with E-state index in [-0.39, 0.29) is 6.42 Å². The summed E-state index contributed by atoms with van der Waals surface area (Å²) in [5, 5.41) is 0. The molecule has 0 aromatic heterocycles. The van der Waals surface area contributed by atoms with E-state index in [0.29, 0.717) is 5.92 Å². The van der Waals surface area contributed by atoms with Crippen molar-refractivity contribution in [3.63, 3.8) is 0 Å². The Kier molecular flexibility index (Phi) is 4.27. The van der Waals surface area contributed by atoms with Gasteiger partial charge in [0, 0.05) is 6.42 Å². The Morgan fingerprint density at radius 2 is 1.79 bits per heavy atom. The number of alkyl halides is 3. The second-order valence-corrected chi connectivity index (χ2v) is 5.10. The summed E-state index contributed by atoms with van der Waals surface area (Å²) in [5.74, 6) is -1.18. The Balaban J connectivity index is 2.06. The number of carbonyl (C=O) groups is 1. The van der Waals surface area contributed by atoms with Crippen molar-refractivity contribution in [2.24, 2.45) is 0 Å². The lowest BCUT2D eigenvalue weighted by Crippen LogP contribution is -2.23. The molecule has 1 aromatic rings. The van der Waals surface area contributed by atoms with E-state index in [1.54, 1.807) is 0 Å². The van der Waals surface area contributed by atoms with Crippen LogP contribution in [-0.2, 0) is 11.2 Å². The fourth-order valence-electron chi connectivity index (χ4n) is 2.79. The third-order valence-electron chi connectivity index (χ3n) is 3.79. The molecule has 1 nitrogen and oxygen atoms in total. The van der Waals surface area contributed by atoms with Gasteiger partial charge in [0.1, 0.15) is 0 Å². The minimum atomic E-state index is -4.71. The lowest BCUT2D eigenvalue weighted by atomic mass is 9.90. The first-order chi connectivity index (χ1) is 8.98. The summed E-state index contributed by atoms with van der Waals surface area (Å²) in [6, 6.07) is 7.58. The first kappa shape index (κ1) is 14.1. The summed E-state index contributed by atoms with van der Waals surface area (Å²) in [7, 11) is 0. The Labute approximate surface area is 110 Å². The third kappa shape index (κ3) is 3.58. The van der Waals surface area contributed by atoms with Crippen LogP contribution in [0.25, 0.3) is 0 Å². The molecule has 1 aliphatic carbocycles. The quantitative estimate of drug-likeness (QED) is 0.792. The summed E-state index contributed by atoms with van der Waals surface area (Å²) in [6.45, 7) is 0. The van der Waals surface area contributed by atoms with Gasteiger partial charge in [-0.3, -0.25) is 4.79 Å². The first-order valence-electron chi connectivity index (χ1n) is 6.66. The van der Waals surface area contributed by atoms with Crippen molar-refractivity contribution >= 4 is 5.78 Å². The number of ketones is 1. The highest BCUT2D eigenvalue weighted by atomic mass is 19.4. The van der Waals surface area contributed by atoms with Gasteiger partial charge in [0.2, 0.25) is 5.78 Å². The largest absolute Gasteiger partial charge is 0.449 e. The summed E-state index contributed by atoms with van der Waals surface area (Å²) >= 11 is 0. The molecular formula is C15H17F3O. The van der Waals surface area contributed by atoms with Crippen LogP contribution in [0.4, 0.5) is 13.2 Å². The number of benzene rings is 1. The second kappa shape index (κ2) is 5.76. The molecule has 0 unspecified atom stereocenters. The minimum Gasteiger partial charge on any atom is -0.290 e. The second-order valence-electron chi connectivity index (χ2n) is 5.10. The van der Waals surface area contributed by atoms with Gasteiger partial charge in [-0.15, -0.1) is 0 Å². The van der Waals surface area contributed by atoms with Crippen LogP contribution in [0, 0.1) is 0 Å². The van der Waals surface area contributed by atoms with Crippen LogP contribution in [0.1, 0.15) is 49.1 Å². The molecular weight excluding hydrogens is 253 g/mol. The normalized spacial score (nSPS) is 16.8. The highest BCUT2D eigenvalue weighted by Gasteiger charge is 2.37. The van der Waals surface area contributed by atoms with Crippen molar-refractivity contribution in [2.45, 2.75) is 50.6 Å². The molecule has 0 atom stereocenters. The van der Waals surface area contributed by atoms with E-state index in [1.807, 2.05) is 24.3 Å². The van der Waals surface area contributed by atoms with Gasteiger partial charge < -0.3 is 0 Å². The van der Waals surface area contributed by atoms with Gasteiger partial charge in [0.25, 0.3) is 0 Å². The molecule has 1 saturated carbocycles. The van der Waals surface area contributed by atoms with Crippen LogP contribution < -0.4 is 0 Å². The number of Topliss-reactive ketones (excluding diaryl/α,β-unsaturated/α-hetero) is 1. The molecule has 0 spiro atoms. The lowest BCUT2D eigenvalue weighted by molar-refractivity contribution is -0.171. The number of hydrogen-bond acceptors (Lipinski definition) is 1. The number of carbonyl (C=O) groups excluding carboxylic acids is 1. The molecule has 2 rings (SSSR count). The highest BCUT2D eigenvalue weighted by molar-refractivity contribution is 5.84. The summed E-state index contributed by atoms with van der Waals surface area (Å²) in [4.78, 5) is 10.9. The number of hydrogen-bond donors (Lipinski definition) is 0. The zero-order valence-corrected chi connectivity index (χ0v) is 10.7. The summed E-state index contributed by atoms with van der Waals surface area (Å²) < 4.78 is 36.6. The standard InChI is InChI=1S/C15H17F3O/c16-15(17,18)14(19)10-9-12-7-3-4-8-13(12)11-5-1-2-6-11/h3-4,7-8,11H,1-2,5-6,9-10H2. The lowest BCUT2D eigenvalue weighted by Gasteiger charge is -2.15. The fourth-order valence-corrected chi connectivity index (χ4v) is 2.79. The Bertz CT molecular complexity index is 445. The zero-order valence-electron chi connectivity index (χ0n) is 10.7. The van der Waals surface area contributed by atoms with Gasteiger partial charge in [0.15, 0.2) is 0 Å².